The number of hydrogen-bond donors (Lipinski definition) is 2. The maximum atomic E-state index is 12.5. The summed E-state index contributed by atoms with van der Waals surface area (Å²) in [6.45, 7) is 5.41. The van der Waals surface area contributed by atoms with Crippen LogP contribution in [0, 0.1) is 0 Å². The van der Waals surface area contributed by atoms with E-state index in [0.29, 0.717) is 11.5 Å². The van der Waals surface area contributed by atoms with Gasteiger partial charge in [-0.05, 0) is 69.8 Å². The summed E-state index contributed by atoms with van der Waals surface area (Å²) in [6, 6.07) is 6.65. The second-order valence-electron chi connectivity index (χ2n) is 7.13. The summed E-state index contributed by atoms with van der Waals surface area (Å²) in [5.74, 6) is 0.644. The molecule has 1 heterocycles. The molecule has 134 valence electrons. The molecule has 0 saturated heterocycles. The summed E-state index contributed by atoms with van der Waals surface area (Å²) in [4.78, 5) is 8.73. The molecule has 0 atom stereocenters. The van der Waals surface area contributed by atoms with Crippen LogP contribution in [0.5, 0.6) is 0 Å². The van der Waals surface area contributed by atoms with Crippen molar-refractivity contribution in [3.05, 3.63) is 40.8 Å². The molecule has 0 amide bonds. The molecule has 1 aliphatic rings. The second kappa shape index (κ2) is 6.55. The van der Waals surface area contributed by atoms with E-state index in [4.69, 9.17) is 11.6 Å². The lowest BCUT2D eigenvalue weighted by atomic mass is 10.1. The number of benzene rings is 1. The van der Waals surface area contributed by atoms with Crippen molar-refractivity contribution in [1.82, 2.24) is 14.7 Å². The molecular weight excluding hydrogens is 360 g/mol. The highest BCUT2D eigenvalue weighted by Gasteiger charge is 2.23. The minimum atomic E-state index is -3.60. The van der Waals surface area contributed by atoms with Gasteiger partial charge in [0, 0.05) is 16.8 Å². The highest BCUT2D eigenvalue weighted by molar-refractivity contribution is 7.89. The number of fused-ring (bicyclic) bond motifs is 1. The van der Waals surface area contributed by atoms with Crippen molar-refractivity contribution in [3.63, 3.8) is 0 Å². The van der Waals surface area contributed by atoms with E-state index >= 15 is 0 Å². The van der Waals surface area contributed by atoms with E-state index < -0.39 is 15.6 Å². The summed E-state index contributed by atoms with van der Waals surface area (Å²) >= 11 is 6.00. The van der Waals surface area contributed by atoms with Crippen LogP contribution >= 0.6 is 11.6 Å². The molecule has 0 bridgehead atoms. The van der Waals surface area contributed by atoms with Crippen molar-refractivity contribution in [3.8, 4) is 0 Å². The fraction of sp³-hybridized carbons (Fsp3) is 0.412. The van der Waals surface area contributed by atoms with Gasteiger partial charge < -0.3 is 5.32 Å². The Labute approximate surface area is 153 Å². The second-order valence-corrected chi connectivity index (χ2v) is 9.15. The maximum Gasteiger partial charge on any atom is 0.241 e. The Hall–Kier alpha value is -1.70. The van der Waals surface area contributed by atoms with Crippen LogP contribution in [-0.2, 0) is 22.9 Å². The minimum absolute atomic E-state index is 0.196. The quantitative estimate of drug-likeness (QED) is 0.794. The number of rotatable bonds is 4. The van der Waals surface area contributed by atoms with Crippen molar-refractivity contribution < 1.29 is 8.42 Å². The first-order chi connectivity index (χ1) is 11.6. The Morgan fingerprint density at radius 1 is 1.16 bits per heavy atom. The standard InChI is InChI=1S/C17H21ClN4O2S/c1-17(2,3)22-25(23,24)12-7-4-6-11(10-12)19-15-13-8-5-9-14(13)20-16(18)21-15/h4,6-7,10,22H,5,8-9H2,1-3H3,(H,19,20,21). The average molecular weight is 381 g/mol. The zero-order valence-electron chi connectivity index (χ0n) is 14.4. The Bertz CT molecular complexity index is 907. The van der Waals surface area contributed by atoms with Crippen LogP contribution in [0.1, 0.15) is 38.4 Å². The van der Waals surface area contributed by atoms with Gasteiger partial charge in [-0.2, -0.15) is 0 Å². The number of halogens is 1. The predicted octanol–water partition coefficient (Wildman–Crippen LogP) is 3.44. The van der Waals surface area contributed by atoms with Crippen LogP contribution in [-0.4, -0.2) is 23.9 Å². The Morgan fingerprint density at radius 3 is 2.64 bits per heavy atom. The molecule has 8 heteroatoms. The van der Waals surface area contributed by atoms with Crippen LogP contribution in [0.2, 0.25) is 5.28 Å². The van der Waals surface area contributed by atoms with Crippen molar-refractivity contribution in [2.24, 2.45) is 0 Å². The fourth-order valence-electron chi connectivity index (χ4n) is 2.85. The highest BCUT2D eigenvalue weighted by Crippen LogP contribution is 2.30. The molecule has 6 nitrogen and oxygen atoms in total. The van der Waals surface area contributed by atoms with E-state index in [1.807, 2.05) is 0 Å². The number of nitrogens with one attached hydrogen (secondary N) is 2. The van der Waals surface area contributed by atoms with E-state index in [2.05, 4.69) is 20.0 Å². The van der Waals surface area contributed by atoms with Crippen molar-refractivity contribution in [1.29, 1.82) is 0 Å². The summed E-state index contributed by atoms with van der Waals surface area (Å²) < 4.78 is 27.7. The smallest absolute Gasteiger partial charge is 0.241 e. The molecule has 0 fully saturated rings. The molecule has 0 radical (unpaired) electrons. The third kappa shape index (κ3) is 4.29. The van der Waals surface area contributed by atoms with Gasteiger partial charge in [0.25, 0.3) is 0 Å². The van der Waals surface area contributed by atoms with Crippen LogP contribution in [0.15, 0.2) is 29.2 Å². The van der Waals surface area contributed by atoms with Crippen molar-refractivity contribution in [2.75, 3.05) is 5.32 Å². The summed E-state index contributed by atoms with van der Waals surface area (Å²) in [6.07, 6.45) is 2.79. The van der Waals surface area contributed by atoms with Gasteiger partial charge >= 0.3 is 0 Å². The largest absolute Gasteiger partial charge is 0.340 e. The lowest BCUT2D eigenvalue weighted by Gasteiger charge is -2.20. The van der Waals surface area contributed by atoms with Gasteiger partial charge in [0.1, 0.15) is 5.82 Å². The zero-order chi connectivity index (χ0) is 18.2. The van der Waals surface area contributed by atoms with Crippen molar-refractivity contribution >= 4 is 33.1 Å². The summed E-state index contributed by atoms with van der Waals surface area (Å²) in [7, 11) is -3.60. The van der Waals surface area contributed by atoms with Gasteiger partial charge in [-0.3, -0.25) is 0 Å². The van der Waals surface area contributed by atoms with Gasteiger partial charge in [-0.25, -0.2) is 23.1 Å². The number of anilines is 2. The maximum absolute atomic E-state index is 12.5. The number of nitrogens with zero attached hydrogens (tertiary/aromatic N) is 2. The third-order valence-corrected chi connectivity index (χ3v) is 5.68. The molecule has 0 spiro atoms. The normalized spacial score (nSPS) is 14.4. The van der Waals surface area contributed by atoms with E-state index in [1.54, 1.807) is 45.0 Å². The highest BCUT2D eigenvalue weighted by atomic mass is 35.5. The van der Waals surface area contributed by atoms with Crippen LogP contribution in [0.4, 0.5) is 11.5 Å². The van der Waals surface area contributed by atoms with Gasteiger partial charge in [0.15, 0.2) is 0 Å². The van der Waals surface area contributed by atoms with E-state index in [1.165, 1.54) is 0 Å². The number of aryl methyl sites for hydroxylation is 1. The molecule has 2 aromatic rings. The van der Waals surface area contributed by atoms with E-state index in [-0.39, 0.29) is 10.2 Å². The first-order valence-electron chi connectivity index (χ1n) is 8.10. The zero-order valence-corrected chi connectivity index (χ0v) is 16.0. The summed E-state index contributed by atoms with van der Waals surface area (Å²) in [5, 5.41) is 3.39. The Morgan fingerprint density at radius 2 is 1.92 bits per heavy atom. The molecule has 3 rings (SSSR count). The van der Waals surface area contributed by atoms with E-state index in [0.717, 1.165) is 30.5 Å². The first-order valence-corrected chi connectivity index (χ1v) is 9.96. The third-order valence-electron chi connectivity index (χ3n) is 3.75. The molecule has 2 N–H and O–H groups in total. The van der Waals surface area contributed by atoms with Gasteiger partial charge in [0.2, 0.25) is 15.3 Å². The predicted molar refractivity (Wildman–Crippen MR) is 98.9 cm³/mol. The average Bonchev–Trinajstić information content (AvgIpc) is 2.93. The van der Waals surface area contributed by atoms with Crippen molar-refractivity contribution in [2.45, 2.75) is 50.5 Å². The lowest BCUT2D eigenvalue weighted by Crippen LogP contribution is -2.40. The Balaban J connectivity index is 1.91. The number of sulfonamides is 1. The first kappa shape index (κ1) is 18.1. The molecule has 0 saturated carbocycles. The SMILES string of the molecule is CC(C)(C)NS(=O)(=O)c1cccc(Nc2nc(Cl)nc3c2CCC3)c1. The topological polar surface area (TPSA) is 84.0 Å². The molecule has 1 aromatic heterocycles. The molecule has 0 unspecified atom stereocenters. The minimum Gasteiger partial charge on any atom is -0.340 e. The summed E-state index contributed by atoms with van der Waals surface area (Å²) in [5.41, 5.74) is 2.09. The van der Waals surface area contributed by atoms with Gasteiger partial charge in [-0.15, -0.1) is 0 Å². The fourth-order valence-corrected chi connectivity index (χ4v) is 4.50. The van der Waals surface area contributed by atoms with E-state index in [9.17, 15) is 8.42 Å². The number of hydrogen-bond acceptors (Lipinski definition) is 5. The van der Waals surface area contributed by atoms with Gasteiger partial charge in [-0.1, -0.05) is 6.07 Å². The number of aromatic nitrogens is 2. The Kier molecular flexibility index (Phi) is 4.74. The molecule has 0 aliphatic heterocycles. The lowest BCUT2D eigenvalue weighted by molar-refractivity contribution is 0.491. The molecular formula is C17H21ClN4O2S. The monoisotopic (exact) mass is 380 g/mol. The molecule has 1 aromatic carbocycles. The van der Waals surface area contributed by atoms with Crippen LogP contribution in [0.25, 0.3) is 0 Å². The molecule has 1 aliphatic carbocycles. The van der Waals surface area contributed by atoms with Gasteiger partial charge in [0.05, 0.1) is 10.6 Å². The van der Waals surface area contributed by atoms with Crippen LogP contribution < -0.4 is 10.0 Å². The van der Waals surface area contributed by atoms with Crippen LogP contribution in [0.3, 0.4) is 0 Å². The molecule has 25 heavy (non-hydrogen) atoms.